The lowest BCUT2D eigenvalue weighted by Crippen LogP contribution is -2.40. The van der Waals surface area contributed by atoms with Gasteiger partial charge < -0.3 is 4.84 Å². The minimum Gasteiger partial charge on any atom is -0.399 e. The molecule has 0 spiro atoms. The number of rotatable bonds is 4. The van der Waals surface area contributed by atoms with E-state index in [2.05, 4.69) is 70.9 Å². The van der Waals surface area contributed by atoms with Gasteiger partial charge in [0, 0.05) is 15.7 Å². The van der Waals surface area contributed by atoms with E-state index < -0.39 is 0 Å². The number of fused-ring (bicyclic) bond motifs is 2. The van der Waals surface area contributed by atoms with Crippen LogP contribution < -0.4 is 0 Å². The Morgan fingerprint density at radius 3 is 2.68 bits per heavy atom. The Labute approximate surface area is 146 Å². The normalized spacial score (nSPS) is 25.7. The van der Waals surface area contributed by atoms with Crippen LogP contribution in [0.25, 0.3) is 5.57 Å². The minimum absolute atomic E-state index is 0.488. The first-order valence-electron chi connectivity index (χ1n) is 7.97. The van der Waals surface area contributed by atoms with Gasteiger partial charge in [0.25, 0.3) is 0 Å². The molecule has 0 aromatic heterocycles. The second kappa shape index (κ2) is 6.71. The van der Waals surface area contributed by atoms with Crippen LogP contribution in [0.2, 0.25) is 0 Å². The maximum absolute atomic E-state index is 5.13. The zero-order valence-electron chi connectivity index (χ0n) is 13.5. The highest BCUT2D eigenvalue weighted by Crippen LogP contribution is 2.43. The van der Waals surface area contributed by atoms with Crippen molar-refractivity contribution in [3.63, 3.8) is 0 Å². The molecule has 0 aliphatic carbocycles. The summed E-state index contributed by atoms with van der Waals surface area (Å²) in [5.74, 6) is 0. The third kappa shape index (κ3) is 2.83. The lowest BCUT2D eigenvalue weighted by Gasteiger charge is -2.35. The highest BCUT2D eigenvalue weighted by Gasteiger charge is 2.40. The van der Waals surface area contributed by atoms with E-state index >= 15 is 0 Å². The van der Waals surface area contributed by atoms with E-state index in [1.54, 1.807) is 7.11 Å². The first-order valence-corrected chi connectivity index (χ1v) is 9.04. The quantitative estimate of drug-likeness (QED) is 0.420. The average Bonchev–Trinajstić information content (AvgIpc) is 2.76. The molecule has 2 unspecified atom stereocenters. The molecule has 2 heterocycles. The smallest absolute Gasteiger partial charge is 0.106 e. The molecule has 0 amide bonds. The standard InChI is InChI=1S/C18H23IN2O/c1-4-16(20-22-3)18-15(12-5-7-13(19)8-6-12)11-14-9-10-17(18)21(14)2/h5-8,14,17H,4,9-11H2,1-3H3. The van der Waals surface area contributed by atoms with Crippen LogP contribution in [0, 0.1) is 3.57 Å². The summed E-state index contributed by atoms with van der Waals surface area (Å²) in [5.41, 5.74) is 5.33. The fraction of sp³-hybridized carbons (Fsp3) is 0.500. The molecular formula is C18H23IN2O. The van der Waals surface area contributed by atoms with Crippen molar-refractivity contribution in [2.24, 2.45) is 5.16 Å². The zero-order valence-corrected chi connectivity index (χ0v) is 15.6. The lowest BCUT2D eigenvalue weighted by molar-refractivity contribution is 0.211. The van der Waals surface area contributed by atoms with Crippen molar-refractivity contribution in [3.05, 3.63) is 39.0 Å². The first-order chi connectivity index (χ1) is 10.7. The van der Waals surface area contributed by atoms with Gasteiger partial charge in [0.05, 0.1) is 5.71 Å². The van der Waals surface area contributed by atoms with Crippen LogP contribution >= 0.6 is 22.6 Å². The molecule has 2 bridgehead atoms. The van der Waals surface area contributed by atoms with Gasteiger partial charge in [-0.05, 0) is 84.2 Å². The highest BCUT2D eigenvalue weighted by atomic mass is 127. The molecule has 4 heteroatoms. The maximum Gasteiger partial charge on any atom is 0.106 e. The SMILES string of the molecule is CCC(=NOC)C1=C(c2ccc(I)cc2)CC2CCC1N2C. The Bertz CT molecular complexity index is 606. The van der Waals surface area contributed by atoms with Gasteiger partial charge in [-0.3, -0.25) is 4.90 Å². The molecule has 3 rings (SSSR count). The molecule has 2 atom stereocenters. The second-order valence-corrected chi connectivity index (χ2v) is 7.34. The Balaban J connectivity index is 2.13. The number of oxime groups is 1. The van der Waals surface area contributed by atoms with Gasteiger partial charge in [-0.25, -0.2) is 0 Å². The van der Waals surface area contributed by atoms with Crippen molar-refractivity contribution in [1.82, 2.24) is 4.90 Å². The molecule has 22 heavy (non-hydrogen) atoms. The van der Waals surface area contributed by atoms with Gasteiger partial charge in [0.15, 0.2) is 0 Å². The Hall–Kier alpha value is -0.880. The number of halogens is 1. The molecule has 1 aromatic carbocycles. The topological polar surface area (TPSA) is 24.8 Å². The predicted molar refractivity (Wildman–Crippen MR) is 100 cm³/mol. The number of hydrogen-bond acceptors (Lipinski definition) is 3. The molecule has 0 N–H and O–H groups in total. The molecule has 2 aliphatic heterocycles. The Morgan fingerprint density at radius 2 is 2.05 bits per heavy atom. The summed E-state index contributed by atoms with van der Waals surface area (Å²) in [6.45, 7) is 2.16. The summed E-state index contributed by atoms with van der Waals surface area (Å²) in [4.78, 5) is 7.66. The van der Waals surface area contributed by atoms with Crippen molar-refractivity contribution < 1.29 is 4.84 Å². The number of benzene rings is 1. The second-order valence-electron chi connectivity index (χ2n) is 6.09. The van der Waals surface area contributed by atoms with E-state index in [4.69, 9.17) is 4.84 Å². The Morgan fingerprint density at radius 1 is 1.32 bits per heavy atom. The minimum atomic E-state index is 0.488. The fourth-order valence-electron chi connectivity index (χ4n) is 3.86. The molecule has 1 saturated heterocycles. The van der Waals surface area contributed by atoms with Crippen LogP contribution in [0.15, 0.2) is 35.0 Å². The molecule has 118 valence electrons. The lowest BCUT2D eigenvalue weighted by atomic mass is 9.85. The zero-order chi connectivity index (χ0) is 15.7. The molecular weight excluding hydrogens is 387 g/mol. The van der Waals surface area contributed by atoms with Crippen molar-refractivity contribution >= 4 is 33.9 Å². The molecule has 1 aromatic rings. The van der Waals surface area contributed by atoms with Crippen molar-refractivity contribution in [3.8, 4) is 0 Å². The van der Waals surface area contributed by atoms with Crippen molar-refractivity contribution in [1.29, 1.82) is 0 Å². The molecule has 2 aliphatic rings. The summed E-state index contributed by atoms with van der Waals surface area (Å²) in [6.07, 6.45) is 4.54. The van der Waals surface area contributed by atoms with Gasteiger partial charge in [-0.15, -0.1) is 0 Å². The van der Waals surface area contributed by atoms with E-state index in [0.29, 0.717) is 12.1 Å². The predicted octanol–water partition coefficient (Wildman–Crippen LogP) is 4.32. The molecule has 0 radical (unpaired) electrons. The third-order valence-corrected chi connectivity index (χ3v) is 5.70. The average molecular weight is 410 g/mol. The molecule has 1 fully saturated rings. The largest absolute Gasteiger partial charge is 0.399 e. The van der Waals surface area contributed by atoms with Crippen LogP contribution in [0.1, 0.15) is 38.2 Å². The Kier molecular flexibility index (Phi) is 4.88. The number of nitrogens with zero attached hydrogens (tertiary/aromatic N) is 2. The van der Waals surface area contributed by atoms with Gasteiger partial charge in [0.1, 0.15) is 7.11 Å². The number of likely N-dealkylation sites (N-methyl/N-ethyl adjacent to an activating group) is 1. The van der Waals surface area contributed by atoms with E-state index in [1.807, 2.05) is 0 Å². The van der Waals surface area contributed by atoms with Gasteiger partial charge in [-0.1, -0.05) is 24.2 Å². The summed E-state index contributed by atoms with van der Waals surface area (Å²) >= 11 is 2.36. The molecule has 3 nitrogen and oxygen atoms in total. The van der Waals surface area contributed by atoms with Crippen molar-refractivity contribution in [2.75, 3.05) is 14.2 Å². The summed E-state index contributed by atoms with van der Waals surface area (Å²) in [7, 11) is 3.90. The third-order valence-electron chi connectivity index (χ3n) is 4.98. The van der Waals surface area contributed by atoms with Crippen LogP contribution in [0.4, 0.5) is 0 Å². The van der Waals surface area contributed by atoms with E-state index in [1.165, 1.54) is 33.1 Å². The monoisotopic (exact) mass is 410 g/mol. The van der Waals surface area contributed by atoms with Gasteiger partial charge in [0.2, 0.25) is 0 Å². The number of hydrogen-bond donors (Lipinski definition) is 0. The van der Waals surface area contributed by atoms with E-state index in [0.717, 1.165) is 18.6 Å². The molecule has 0 saturated carbocycles. The van der Waals surface area contributed by atoms with Crippen LogP contribution in [0.5, 0.6) is 0 Å². The summed E-state index contributed by atoms with van der Waals surface area (Å²) < 4.78 is 1.28. The van der Waals surface area contributed by atoms with Gasteiger partial charge >= 0.3 is 0 Å². The van der Waals surface area contributed by atoms with E-state index in [9.17, 15) is 0 Å². The van der Waals surface area contributed by atoms with E-state index in [-0.39, 0.29) is 0 Å². The maximum atomic E-state index is 5.13. The van der Waals surface area contributed by atoms with Crippen LogP contribution in [-0.4, -0.2) is 36.9 Å². The fourth-order valence-corrected chi connectivity index (χ4v) is 4.22. The van der Waals surface area contributed by atoms with Crippen molar-refractivity contribution in [2.45, 2.75) is 44.7 Å². The first kappa shape index (κ1) is 16.0. The summed E-state index contributed by atoms with van der Waals surface area (Å²) in [5, 5.41) is 4.34. The summed E-state index contributed by atoms with van der Waals surface area (Å²) in [6, 6.07) is 10.1. The van der Waals surface area contributed by atoms with Gasteiger partial charge in [-0.2, -0.15) is 0 Å². The highest BCUT2D eigenvalue weighted by molar-refractivity contribution is 14.1. The van der Waals surface area contributed by atoms with Crippen LogP contribution in [0.3, 0.4) is 0 Å². The van der Waals surface area contributed by atoms with Crippen LogP contribution in [-0.2, 0) is 4.84 Å².